The Hall–Kier alpha value is -2.06. The van der Waals surface area contributed by atoms with E-state index < -0.39 is 6.10 Å². The molecule has 1 saturated heterocycles. The van der Waals surface area contributed by atoms with Crippen LogP contribution in [0.1, 0.15) is 25.8 Å². The molecule has 0 aromatic heterocycles. The zero-order chi connectivity index (χ0) is 16.7. The van der Waals surface area contributed by atoms with Gasteiger partial charge in [0.25, 0.3) is 5.91 Å². The number of ether oxygens (including phenoxy) is 1. The van der Waals surface area contributed by atoms with E-state index in [1.165, 1.54) is 5.56 Å². The fourth-order valence-electron chi connectivity index (χ4n) is 2.72. The van der Waals surface area contributed by atoms with Gasteiger partial charge in [0, 0.05) is 39.1 Å². The average molecular weight is 315 g/mol. The van der Waals surface area contributed by atoms with E-state index in [1.54, 1.807) is 6.92 Å². The third-order valence-electron chi connectivity index (χ3n) is 4.22. The van der Waals surface area contributed by atoms with Gasteiger partial charge < -0.3 is 9.64 Å². The van der Waals surface area contributed by atoms with Crippen molar-refractivity contribution in [1.29, 1.82) is 5.26 Å². The standard InChI is InChI=1S/C18H25N3O2/c1-3-16-5-7-17(8-6-16)23-15(2)18(22)21-13-11-20(12-14-21)10-4-9-19/h5-8,15H,3-4,10-14H2,1-2H3. The minimum absolute atomic E-state index is 0.0319. The van der Waals surface area contributed by atoms with E-state index >= 15 is 0 Å². The molecule has 0 N–H and O–H groups in total. The van der Waals surface area contributed by atoms with E-state index in [1.807, 2.05) is 29.2 Å². The van der Waals surface area contributed by atoms with Gasteiger partial charge in [-0.15, -0.1) is 0 Å². The summed E-state index contributed by atoms with van der Waals surface area (Å²) in [6, 6.07) is 10.1. The highest BCUT2D eigenvalue weighted by Crippen LogP contribution is 2.15. The Labute approximate surface area is 138 Å². The van der Waals surface area contributed by atoms with Crippen LogP contribution in [0.3, 0.4) is 0 Å². The van der Waals surface area contributed by atoms with Gasteiger partial charge in [-0.3, -0.25) is 9.69 Å². The molecule has 1 amide bonds. The number of nitrogens with zero attached hydrogens (tertiary/aromatic N) is 3. The number of carbonyl (C=O) groups excluding carboxylic acids is 1. The van der Waals surface area contributed by atoms with Crippen molar-refractivity contribution >= 4 is 5.91 Å². The minimum Gasteiger partial charge on any atom is -0.481 e. The lowest BCUT2D eigenvalue weighted by Crippen LogP contribution is -2.51. The van der Waals surface area contributed by atoms with Crippen molar-refractivity contribution in [2.75, 3.05) is 32.7 Å². The second-order valence-corrected chi connectivity index (χ2v) is 5.83. The second-order valence-electron chi connectivity index (χ2n) is 5.83. The molecular formula is C18H25N3O2. The summed E-state index contributed by atoms with van der Waals surface area (Å²) in [6.07, 6.45) is 1.06. The largest absolute Gasteiger partial charge is 0.481 e. The molecule has 124 valence electrons. The van der Waals surface area contributed by atoms with E-state index in [-0.39, 0.29) is 5.91 Å². The van der Waals surface area contributed by atoms with Gasteiger partial charge in [-0.25, -0.2) is 0 Å². The summed E-state index contributed by atoms with van der Waals surface area (Å²) in [4.78, 5) is 16.6. The first kappa shape index (κ1) is 17.3. The SMILES string of the molecule is CCc1ccc(OC(C)C(=O)N2CCN(CCC#N)CC2)cc1. The summed E-state index contributed by atoms with van der Waals surface area (Å²) in [6.45, 7) is 7.75. The number of piperazine rings is 1. The lowest BCUT2D eigenvalue weighted by Gasteiger charge is -2.35. The summed E-state index contributed by atoms with van der Waals surface area (Å²) in [7, 11) is 0. The number of hydrogen-bond donors (Lipinski definition) is 0. The van der Waals surface area contributed by atoms with Gasteiger partial charge in [0.2, 0.25) is 0 Å². The third kappa shape index (κ3) is 4.97. The van der Waals surface area contributed by atoms with Crippen molar-refractivity contribution in [2.45, 2.75) is 32.8 Å². The highest BCUT2D eigenvalue weighted by Gasteiger charge is 2.25. The third-order valence-corrected chi connectivity index (χ3v) is 4.22. The van der Waals surface area contributed by atoms with Gasteiger partial charge in [0.1, 0.15) is 5.75 Å². The number of rotatable bonds is 6. The van der Waals surface area contributed by atoms with Crippen LogP contribution >= 0.6 is 0 Å². The molecule has 1 unspecified atom stereocenters. The molecule has 2 rings (SSSR count). The van der Waals surface area contributed by atoms with Crippen LogP contribution in [0.15, 0.2) is 24.3 Å². The predicted molar refractivity (Wildman–Crippen MR) is 89.2 cm³/mol. The Bertz CT molecular complexity index is 542. The summed E-state index contributed by atoms with van der Waals surface area (Å²) in [5, 5.41) is 8.63. The normalized spacial score (nSPS) is 16.7. The Kier molecular flexibility index (Phi) is 6.42. The van der Waals surface area contributed by atoms with Gasteiger partial charge in [-0.2, -0.15) is 5.26 Å². The molecule has 0 aliphatic carbocycles. The topological polar surface area (TPSA) is 56.6 Å². The Balaban J connectivity index is 1.82. The molecule has 23 heavy (non-hydrogen) atoms. The molecule has 0 saturated carbocycles. The van der Waals surface area contributed by atoms with E-state index in [0.717, 1.165) is 31.8 Å². The van der Waals surface area contributed by atoms with E-state index in [0.29, 0.717) is 19.5 Å². The average Bonchev–Trinajstić information content (AvgIpc) is 2.60. The predicted octanol–water partition coefficient (Wildman–Crippen LogP) is 2.07. The zero-order valence-electron chi connectivity index (χ0n) is 14.0. The number of amides is 1. The van der Waals surface area contributed by atoms with Crippen molar-refractivity contribution in [3.63, 3.8) is 0 Å². The smallest absolute Gasteiger partial charge is 0.263 e. The van der Waals surface area contributed by atoms with Crippen molar-refractivity contribution in [2.24, 2.45) is 0 Å². The molecule has 5 heteroatoms. The van der Waals surface area contributed by atoms with Crippen molar-refractivity contribution in [3.8, 4) is 11.8 Å². The fraction of sp³-hybridized carbons (Fsp3) is 0.556. The summed E-state index contributed by atoms with van der Waals surface area (Å²) >= 11 is 0. The van der Waals surface area contributed by atoms with Gasteiger partial charge in [-0.1, -0.05) is 19.1 Å². The summed E-state index contributed by atoms with van der Waals surface area (Å²) in [5.41, 5.74) is 1.25. The fourth-order valence-corrected chi connectivity index (χ4v) is 2.72. The molecule has 1 aliphatic rings. The van der Waals surface area contributed by atoms with Crippen LogP contribution in [0.25, 0.3) is 0 Å². The van der Waals surface area contributed by atoms with Crippen molar-refractivity contribution < 1.29 is 9.53 Å². The lowest BCUT2D eigenvalue weighted by molar-refractivity contribution is -0.139. The molecule has 0 bridgehead atoms. The summed E-state index contributed by atoms with van der Waals surface area (Å²) in [5.74, 6) is 0.764. The van der Waals surface area contributed by atoms with Crippen LogP contribution in [0.4, 0.5) is 0 Å². The number of carbonyl (C=O) groups is 1. The zero-order valence-corrected chi connectivity index (χ0v) is 14.0. The lowest BCUT2D eigenvalue weighted by atomic mass is 10.2. The maximum atomic E-state index is 12.5. The quantitative estimate of drug-likeness (QED) is 0.806. The summed E-state index contributed by atoms with van der Waals surface area (Å²) < 4.78 is 5.77. The van der Waals surface area contributed by atoms with Gasteiger partial charge in [0.05, 0.1) is 6.07 Å². The Morgan fingerprint density at radius 2 is 1.91 bits per heavy atom. The molecule has 1 fully saturated rings. The van der Waals surface area contributed by atoms with Gasteiger partial charge >= 0.3 is 0 Å². The Morgan fingerprint density at radius 1 is 1.26 bits per heavy atom. The number of benzene rings is 1. The molecule has 1 aromatic rings. The molecule has 1 atom stereocenters. The number of hydrogen-bond acceptors (Lipinski definition) is 4. The molecule has 0 spiro atoms. The molecule has 1 aromatic carbocycles. The second kappa shape index (κ2) is 8.54. The molecular weight excluding hydrogens is 290 g/mol. The maximum absolute atomic E-state index is 12.5. The first-order valence-electron chi connectivity index (χ1n) is 8.27. The van der Waals surface area contributed by atoms with Crippen LogP contribution < -0.4 is 4.74 Å². The van der Waals surface area contributed by atoms with Crippen LogP contribution in [0.2, 0.25) is 0 Å². The Morgan fingerprint density at radius 3 is 2.48 bits per heavy atom. The minimum atomic E-state index is -0.479. The molecule has 1 heterocycles. The van der Waals surface area contributed by atoms with Crippen LogP contribution in [0.5, 0.6) is 5.75 Å². The number of nitriles is 1. The van der Waals surface area contributed by atoms with Crippen molar-refractivity contribution in [3.05, 3.63) is 29.8 Å². The van der Waals surface area contributed by atoms with Crippen LogP contribution in [-0.4, -0.2) is 54.5 Å². The molecule has 5 nitrogen and oxygen atoms in total. The van der Waals surface area contributed by atoms with Crippen molar-refractivity contribution in [1.82, 2.24) is 9.80 Å². The van der Waals surface area contributed by atoms with E-state index in [2.05, 4.69) is 17.9 Å². The van der Waals surface area contributed by atoms with Gasteiger partial charge in [-0.05, 0) is 31.0 Å². The molecule has 1 aliphatic heterocycles. The number of aryl methyl sites for hydroxylation is 1. The maximum Gasteiger partial charge on any atom is 0.263 e. The van der Waals surface area contributed by atoms with E-state index in [9.17, 15) is 4.79 Å². The first-order valence-corrected chi connectivity index (χ1v) is 8.27. The highest BCUT2D eigenvalue weighted by molar-refractivity contribution is 5.81. The van der Waals surface area contributed by atoms with Gasteiger partial charge in [0.15, 0.2) is 6.10 Å². The monoisotopic (exact) mass is 315 g/mol. The van der Waals surface area contributed by atoms with E-state index in [4.69, 9.17) is 10.00 Å². The highest BCUT2D eigenvalue weighted by atomic mass is 16.5. The van der Waals surface area contributed by atoms with Crippen LogP contribution in [-0.2, 0) is 11.2 Å². The first-order chi connectivity index (χ1) is 11.1. The van der Waals surface area contributed by atoms with Crippen LogP contribution in [0, 0.1) is 11.3 Å². The molecule has 0 radical (unpaired) electrons.